The third-order valence-electron chi connectivity index (χ3n) is 2.59. The zero-order valence-electron chi connectivity index (χ0n) is 8.96. The van der Waals surface area contributed by atoms with E-state index in [0.29, 0.717) is 17.0 Å². The summed E-state index contributed by atoms with van der Waals surface area (Å²) in [5.41, 5.74) is 1.52. The zero-order valence-corrected chi connectivity index (χ0v) is 8.96. The van der Waals surface area contributed by atoms with E-state index in [1.54, 1.807) is 24.5 Å². The van der Waals surface area contributed by atoms with Crippen LogP contribution in [0.15, 0.2) is 59.2 Å². The second kappa shape index (κ2) is 3.87. The van der Waals surface area contributed by atoms with Gasteiger partial charge in [-0.05, 0) is 18.2 Å². The van der Waals surface area contributed by atoms with Gasteiger partial charge in [-0.15, -0.1) is 0 Å². The van der Waals surface area contributed by atoms with Gasteiger partial charge in [-0.2, -0.15) is 0 Å². The average molecular weight is 223 g/mol. The topological polar surface area (TPSA) is 43.1 Å². The Balaban J connectivity index is 2.06. The number of carbonyl (C=O) groups is 1. The number of carbonyl (C=O) groups excluding carboxylic acids is 1. The summed E-state index contributed by atoms with van der Waals surface area (Å²) in [6.07, 6.45) is 1.56. The van der Waals surface area contributed by atoms with Gasteiger partial charge in [-0.3, -0.25) is 4.79 Å². The van der Waals surface area contributed by atoms with Gasteiger partial charge < -0.3 is 4.42 Å². The van der Waals surface area contributed by atoms with Crippen LogP contribution in [0, 0.1) is 0 Å². The Kier molecular flexibility index (Phi) is 2.22. The van der Waals surface area contributed by atoms with Crippen LogP contribution in [0.5, 0.6) is 0 Å². The number of nitrogens with zero attached hydrogens (tertiary/aromatic N) is 1. The quantitative estimate of drug-likeness (QED) is 0.627. The normalized spacial score (nSPS) is 10.6. The molecular weight excluding hydrogens is 214 g/mol. The fourth-order valence-electron chi connectivity index (χ4n) is 1.71. The highest BCUT2D eigenvalue weighted by atomic mass is 16.3. The van der Waals surface area contributed by atoms with Crippen molar-refractivity contribution in [3.8, 4) is 0 Å². The summed E-state index contributed by atoms with van der Waals surface area (Å²) in [7, 11) is 0. The van der Waals surface area contributed by atoms with E-state index in [1.165, 1.54) is 0 Å². The van der Waals surface area contributed by atoms with Crippen molar-refractivity contribution in [1.82, 2.24) is 4.98 Å². The number of benzene rings is 1. The van der Waals surface area contributed by atoms with E-state index in [4.69, 9.17) is 4.42 Å². The van der Waals surface area contributed by atoms with Crippen molar-refractivity contribution in [3.05, 3.63) is 66.1 Å². The van der Waals surface area contributed by atoms with Gasteiger partial charge in [-0.25, -0.2) is 4.98 Å². The predicted octanol–water partition coefficient (Wildman–Crippen LogP) is 3.06. The van der Waals surface area contributed by atoms with Crippen molar-refractivity contribution in [2.45, 2.75) is 0 Å². The molecule has 0 amide bonds. The smallest absolute Gasteiger partial charge is 0.226 e. The second-order valence-electron chi connectivity index (χ2n) is 3.71. The molecule has 17 heavy (non-hydrogen) atoms. The average Bonchev–Trinajstić information content (AvgIpc) is 2.86. The van der Waals surface area contributed by atoms with Gasteiger partial charge in [0.15, 0.2) is 0 Å². The predicted molar refractivity (Wildman–Crippen MR) is 63.9 cm³/mol. The molecule has 0 saturated heterocycles. The van der Waals surface area contributed by atoms with E-state index in [1.807, 2.05) is 30.3 Å². The molecule has 3 heteroatoms. The van der Waals surface area contributed by atoms with Gasteiger partial charge in [0.05, 0.1) is 6.26 Å². The molecule has 0 bridgehead atoms. The molecule has 0 spiro atoms. The number of pyridine rings is 1. The molecule has 2 heterocycles. The highest BCUT2D eigenvalue weighted by molar-refractivity contribution is 6.08. The number of furan rings is 1. The molecule has 0 radical (unpaired) electrons. The molecular formula is C14H9NO2. The van der Waals surface area contributed by atoms with Crippen molar-refractivity contribution in [1.29, 1.82) is 0 Å². The maximum atomic E-state index is 12.1. The SMILES string of the molecule is O=C(c1ccccc1)c1ccc2ccoc2n1. The molecule has 0 saturated carbocycles. The van der Waals surface area contributed by atoms with Gasteiger partial charge in [0.2, 0.25) is 11.5 Å². The van der Waals surface area contributed by atoms with Crippen molar-refractivity contribution < 1.29 is 9.21 Å². The first-order valence-electron chi connectivity index (χ1n) is 5.28. The molecule has 0 fully saturated rings. The van der Waals surface area contributed by atoms with Crippen LogP contribution >= 0.6 is 0 Å². The number of ketones is 1. The number of hydrogen-bond donors (Lipinski definition) is 0. The zero-order chi connectivity index (χ0) is 11.7. The summed E-state index contributed by atoms with van der Waals surface area (Å²) in [6, 6.07) is 14.5. The third kappa shape index (κ3) is 1.72. The monoisotopic (exact) mass is 223 g/mol. The third-order valence-corrected chi connectivity index (χ3v) is 2.59. The van der Waals surface area contributed by atoms with Crippen LogP contribution in [0.2, 0.25) is 0 Å². The lowest BCUT2D eigenvalue weighted by Gasteiger charge is -1.99. The van der Waals surface area contributed by atoms with Crippen LogP contribution in [0.3, 0.4) is 0 Å². The first-order valence-corrected chi connectivity index (χ1v) is 5.28. The fraction of sp³-hybridized carbons (Fsp3) is 0. The molecule has 0 N–H and O–H groups in total. The maximum Gasteiger partial charge on any atom is 0.226 e. The highest BCUT2D eigenvalue weighted by Gasteiger charge is 2.11. The Morgan fingerprint density at radius 2 is 1.82 bits per heavy atom. The van der Waals surface area contributed by atoms with Crippen molar-refractivity contribution in [3.63, 3.8) is 0 Å². The molecule has 0 aliphatic rings. The van der Waals surface area contributed by atoms with Crippen LogP contribution in [0.25, 0.3) is 11.1 Å². The van der Waals surface area contributed by atoms with Gasteiger partial charge >= 0.3 is 0 Å². The van der Waals surface area contributed by atoms with E-state index in [-0.39, 0.29) is 5.78 Å². The summed E-state index contributed by atoms with van der Waals surface area (Å²) in [6.45, 7) is 0. The molecule has 2 aromatic heterocycles. The summed E-state index contributed by atoms with van der Waals surface area (Å²) in [4.78, 5) is 16.3. The van der Waals surface area contributed by atoms with E-state index in [0.717, 1.165) is 5.39 Å². The fourth-order valence-corrected chi connectivity index (χ4v) is 1.71. The minimum Gasteiger partial charge on any atom is -0.446 e. The Labute approximate surface area is 97.7 Å². The molecule has 0 atom stereocenters. The lowest BCUT2D eigenvalue weighted by atomic mass is 10.1. The van der Waals surface area contributed by atoms with Crippen LogP contribution in [0.4, 0.5) is 0 Å². The molecule has 0 aliphatic heterocycles. The lowest BCUT2D eigenvalue weighted by molar-refractivity contribution is 0.103. The summed E-state index contributed by atoms with van der Waals surface area (Å²) in [5, 5.41) is 0.898. The number of hydrogen-bond acceptors (Lipinski definition) is 3. The van der Waals surface area contributed by atoms with Crippen LogP contribution < -0.4 is 0 Å². The maximum absolute atomic E-state index is 12.1. The van der Waals surface area contributed by atoms with Gasteiger partial charge in [-0.1, -0.05) is 30.3 Å². The molecule has 3 rings (SSSR count). The molecule has 3 aromatic rings. The highest BCUT2D eigenvalue weighted by Crippen LogP contribution is 2.15. The molecule has 3 nitrogen and oxygen atoms in total. The number of rotatable bonds is 2. The van der Waals surface area contributed by atoms with E-state index >= 15 is 0 Å². The van der Waals surface area contributed by atoms with E-state index in [9.17, 15) is 4.79 Å². The molecule has 0 unspecified atom stereocenters. The van der Waals surface area contributed by atoms with Crippen LogP contribution in [-0.4, -0.2) is 10.8 Å². The van der Waals surface area contributed by atoms with Crippen molar-refractivity contribution >= 4 is 16.9 Å². The lowest BCUT2D eigenvalue weighted by Crippen LogP contribution is -2.03. The Hall–Kier alpha value is -2.42. The van der Waals surface area contributed by atoms with Crippen LogP contribution in [0.1, 0.15) is 16.1 Å². The minimum absolute atomic E-state index is 0.0936. The number of fused-ring (bicyclic) bond motifs is 1. The summed E-state index contributed by atoms with van der Waals surface area (Å²) >= 11 is 0. The van der Waals surface area contributed by atoms with E-state index < -0.39 is 0 Å². The largest absolute Gasteiger partial charge is 0.446 e. The molecule has 1 aromatic carbocycles. The van der Waals surface area contributed by atoms with Gasteiger partial charge in [0, 0.05) is 10.9 Å². The second-order valence-corrected chi connectivity index (χ2v) is 3.71. The van der Waals surface area contributed by atoms with Gasteiger partial charge in [0.1, 0.15) is 5.69 Å². The molecule has 0 aliphatic carbocycles. The Morgan fingerprint density at radius 3 is 2.65 bits per heavy atom. The standard InChI is InChI=1S/C14H9NO2/c16-13(10-4-2-1-3-5-10)12-7-6-11-8-9-17-14(11)15-12/h1-9H. The summed E-state index contributed by atoms with van der Waals surface area (Å²) in [5.74, 6) is -0.0936. The minimum atomic E-state index is -0.0936. The Morgan fingerprint density at radius 1 is 1.00 bits per heavy atom. The van der Waals surface area contributed by atoms with E-state index in [2.05, 4.69) is 4.98 Å². The summed E-state index contributed by atoms with van der Waals surface area (Å²) < 4.78 is 5.18. The number of aromatic nitrogens is 1. The van der Waals surface area contributed by atoms with Crippen molar-refractivity contribution in [2.24, 2.45) is 0 Å². The first-order chi connectivity index (χ1) is 8.34. The van der Waals surface area contributed by atoms with Crippen LogP contribution in [-0.2, 0) is 0 Å². The first kappa shape index (κ1) is 9.78. The Bertz CT molecular complexity index is 671. The molecule has 82 valence electrons. The van der Waals surface area contributed by atoms with Crippen molar-refractivity contribution in [2.75, 3.05) is 0 Å². The van der Waals surface area contributed by atoms with Gasteiger partial charge in [0.25, 0.3) is 0 Å².